The molecule has 8 heteroatoms. The van der Waals surface area contributed by atoms with Gasteiger partial charge in [0.15, 0.2) is 5.16 Å². The number of amides is 1. The van der Waals surface area contributed by atoms with Crippen molar-refractivity contribution >= 4 is 34.3 Å². The summed E-state index contributed by atoms with van der Waals surface area (Å²) in [4.78, 5) is 30.5. The van der Waals surface area contributed by atoms with Crippen LogP contribution in [0.5, 0.6) is 11.5 Å². The van der Waals surface area contributed by atoms with Gasteiger partial charge in [0.05, 0.1) is 36.5 Å². The van der Waals surface area contributed by atoms with Gasteiger partial charge in [0.2, 0.25) is 5.91 Å². The molecule has 168 valence electrons. The Hall–Kier alpha value is -3.78. The van der Waals surface area contributed by atoms with Crippen molar-refractivity contribution in [1.29, 1.82) is 0 Å². The summed E-state index contributed by atoms with van der Waals surface area (Å²) in [5.74, 6) is 1.44. The van der Waals surface area contributed by atoms with Crippen molar-refractivity contribution in [2.45, 2.75) is 11.6 Å². The van der Waals surface area contributed by atoms with Crippen LogP contribution < -0.4 is 20.3 Å². The maximum atomic E-state index is 13.2. The zero-order chi connectivity index (χ0) is 23.2. The van der Waals surface area contributed by atoms with Gasteiger partial charge in [0.25, 0.3) is 5.56 Å². The van der Waals surface area contributed by atoms with E-state index in [2.05, 4.69) is 5.32 Å². The number of ether oxygens (including phenoxy) is 2. The normalized spacial score (nSPS) is 10.7. The van der Waals surface area contributed by atoms with Gasteiger partial charge in [-0.05, 0) is 36.4 Å². The molecule has 4 rings (SSSR count). The third-order valence-electron chi connectivity index (χ3n) is 5.00. The molecule has 0 fully saturated rings. The Morgan fingerprint density at radius 3 is 2.52 bits per heavy atom. The molecule has 1 heterocycles. The van der Waals surface area contributed by atoms with Gasteiger partial charge in [0.1, 0.15) is 11.5 Å². The van der Waals surface area contributed by atoms with Crippen LogP contribution in [0.25, 0.3) is 16.6 Å². The Morgan fingerprint density at radius 2 is 1.76 bits per heavy atom. The number of carbonyl (C=O) groups is 1. The smallest absolute Gasteiger partial charge is 0.266 e. The number of methoxy groups -OCH3 is 2. The molecule has 4 aromatic rings. The van der Waals surface area contributed by atoms with E-state index in [1.165, 1.54) is 18.9 Å². The molecule has 3 aromatic carbocycles. The molecule has 1 aromatic heterocycles. The van der Waals surface area contributed by atoms with Gasteiger partial charge in [-0.3, -0.25) is 14.2 Å². The zero-order valence-electron chi connectivity index (χ0n) is 18.3. The van der Waals surface area contributed by atoms with Crippen LogP contribution >= 0.6 is 11.8 Å². The molecular weight excluding hydrogens is 438 g/mol. The summed E-state index contributed by atoms with van der Waals surface area (Å²) < 4.78 is 12.1. The highest BCUT2D eigenvalue weighted by molar-refractivity contribution is 7.99. The minimum Gasteiger partial charge on any atom is -0.497 e. The highest BCUT2D eigenvalue weighted by Gasteiger charge is 2.14. The average molecular weight is 462 g/mol. The summed E-state index contributed by atoms with van der Waals surface area (Å²) in [5.41, 5.74) is 1.79. The third kappa shape index (κ3) is 5.01. The van der Waals surface area contributed by atoms with E-state index < -0.39 is 0 Å². The maximum absolute atomic E-state index is 13.2. The Kier molecular flexibility index (Phi) is 6.95. The number of rotatable bonds is 8. The van der Waals surface area contributed by atoms with Gasteiger partial charge in [-0.25, -0.2) is 4.98 Å². The molecule has 1 amide bonds. The van der Waals surface area contributed by atoms with Crippen molar-refractivity contribution < 1.29 is 14.3 Å². The molecular formula is C25H23N3O4S. The predicted molar refractivity (Wildman–Crippen MR) is 131 cm³/mol. The van der Waals surface area contributed by atoms with Crippen molar-refractivity contribution in [2.24, 2.45) is 0 Å². The summed E-state index contributed by atoms with van der Waals surface area (Å²) >= 11 is 1.37. The number of aromatic nitrogens is 2. The predicted octanol–water partition coefficient (Wildman–Crippen LogP) is 4.52. The van der Waals surface area contributed by atoms with E-state index in [1.807, 2.05) is 48.5 Å². The summed E-state index contributed by atoms with van der Waals surface area (Å²) in [7, 11) is 3.11. The summed E-state index contributed by atoms with van der Waals surface area (Å²) in [5, 5.41) is 3.96. The number of anilines is 1. The van der Waals surface area contributed by atoms with Crippen LogP contribution in [0.1, 0.15) is 6.42 Å². The number of nitrogens with zero attached hydrogens (tertiary/aromatic N) is 2. The first kappa shape index (κ1) is 22.4. The van der Waals surface area contributed by atoms with Crippen LogP contribution in [0.4, 0.5) is 5.69 Å². The van der Waals surface area contributed by atoms with Crippen LogP contribution in [-0.2, 0) is 4.79 Å². The van der Waals surface area contributed by atoms with Crippen molar-refractivity contribution in [3.63, 3.8) is 0 Å². The molecule has 0 atom stereocenters. The van der Waals surface area contributed by atoms with Crippen LogP contribution in [-0.4, -0.2) is 35.4 Å². The zero-order valence-corrected chi connectivity index (χ0v) is 19.1. The minimum atomic E-state index is -0.166. The van der Waals surface area contributed by atoms with E-state index in [-0.39, 0.29) is 17.9 Å². The molecule has 33 heavy (non-hydrogen) atoms. The van der Waals surface area contributed by atoms with Gasteiger partial charge in [0, 0.05) is 18.2 Å². The number of hydrogen-bond acceptors (Lipinski definition) is 6. The maximum Gasteiger partial charge on any atom is 0.266 e. The molecule has 0 radical (unpaired) electrons. The number of thioether (sulfide) groups is 1. The highest BCUT2D eigenvalue weighted by atomic mass is 32.2. The topological polar surface area (TPSA) is 82.5 Å². The highest BCUT2D eigenvalue weighted by Crippen LogP contribution is 2.29. The number of para-hydroxylation sites is 2. The second-order valence-corrected chi connectivity index (χ2v) is 8.16. The van der Waals surface area contributed by atoms with Gasteiger partial charge in [-0.2, -0.15) is 0 Å². The summed E-state index contributed by atoms with van der Waals surface area (Å²) in [6.07, 6.45) is 0.233. The second-order valence-electron chi connectivity index (χ2n) is 7.10. The molecule has 0 aliphatic carbocycles. The van der Waals surface area contributed by atoms with E-state index in [9.17, 15) is 9.59 Å². The van der Waals surface area contributed by atoms with Gasteiger partial charge in [-0.15, -0.1) is 0 Å². The molecule has 0 aliphatic rings. The lowest BCUT2D eigenvalue weighted by Gasteiger charge is -2.14. The lowest BCUT2D eigenvalue weighted by atomic mass is 10.2. The first-order valence-corrected chi connectivity index (χ1v) is 11.3. The monoisotopic (exact) mass is 461 g/mol. The van der Waals surface area contributed by atoms with Gasteiger partial charge < -0.3 is 14.8 Å². The first-order chi connectivity index (χ1) is 16.1. The van der Waals surface area contributed by atoms with Crippen molar-refractivity contribution in [3.8, 4) is 17.2 Å². The number of fused-ring (bicyclic) bond motifs is 1. The van der Waals surface area contributed by atoms with Crippen LogP contribution in [0.3, 0.4) is 0 Å². The summed E-state index contributed by atoms with van der Waals surface area (Å²) in [6, 6.07) is 21.8. The summed E-state index contributed by atoms with van der Waals surface area (Å²) in [6.45, 7) is 0. The minimum absolute atomic E-state index is 0.137. The first-order valence-electron chi connectivity index (χ1n) is 10.3. The number of carbonyl (C=O) groups excluding carboxylic acids is 1. The molecule has 7 nitrogen and oxygen atoms in total. The SMILES string of the molecule is COc1ccc(NC(=O)CCSc2nc3ccccc3c(=O)n2-c2ccccc2)c(OC)c1. The Balaban J connectivity index is 1.53. The van der Waals surface area contributed by atoms with Crippen LogP contribution in [0.2, 0.25) is 0 Å². The molecule has 0 bridgehead atoms. The van der Waals surface area contributed by atoms with Gasteiger partial charge >= 0.3 is 0 Å². The average Bonchev–Trinajstić information content (AvgIpc) is 2.85. The number of hydrogen-bond donors (Lipinski definition) is 1. The Morgan fingerprint density at radius 1 is 1.00 bits per heavy atom. The van der Waals surface area contributed by atoms with Crippen molar-refractivity contribution in [1.82, 2.24) is 9.55 Å². The van der Waals surface area contributed by atoms with E-state index in [0.29, 0.717) is 39.0 Å². The molecule has 1 N–H and O–H groups in total. The Bertz CT molecular complexity index is 1340. The van der Waals surface area contributed by atoms with E-state index in [1.54, 1.807) is 35.9 Å². The van der Waals surface area contributed by atoms with E-state index >= 15 is 0 Å². The molecule has 0 saturated heterocycles. The lowest BCUT2D eigenvalue weighted by molar-refractivity contribution is -0.115. The standard InChI is InChI=1S/C25H23N3O4S/c1-31-18-12-13-21(22(16-18)32-2)26-23(29)14-15-33-25-27-20-11-7-6-10-19(20)24(30)28(25)17-8-4-3-5-9-17/h3-13,16H,14-15H2,1-2H3,(H,26,29). The largest absolute Gasteiger partial charge is 0.497 e. The Labute approximate surface area is 195 Å². The van der Waals surface area contributed by atoms with Crippen LogP contribution in [0, 0.1) is 0 Å². The fourth-order valence-electron chi connectivity index (χ4n) is 3.36. The van der Waals surface area contributed by atoms with E-state index in [4.69, 9.17) is 14.5 Å². The number of benzene rings is 3. The fourth-order valence-corrected chi connectivity index (χ4v) is 4.31. The van der Waals surface area contributed by atoms with Crippen molar-refractivity contribution in [2.75, 3.05) is 25.3 Å². The second kappa shape index (κ2) is 10.2. The molecule has 0 saturated carbocycles. The molecule has 0 aliphatic heterocycles. The quantitative estimate of drug-likeness (QED) is 0.307. The third-order valence-corrected chi connectivity index (χ3v) is 5.94. The molecule has 0 unspecified atom stereocenters. The number of nitrogens with one attached hydrogen (secondary N) is 1. The van der Waals surface area contributed by atoms with Crippen molar-refractivity contribution in [3.05, 3.63) is 83.2 Å². The fraction of sp³-hybridized carbons (Fsp3) is 0.160. The van der Waals surface area contributed by atoms with Crippen LogP contribution in [0.15, 0.2) is 82.7 Å². The van der Waals surface area contributed by atoms with Gasteiger partial charge in [-0.1, -0.05) is 42.1 Å². The van der Waals surface area contributed by atoms with E-state index in [0.717, 1.165) is 5.69 Å². The lowest BCUT2D eigenvalue weighted by Crippen LogP contribution is -2.22. The molecule has 0 spiro atoms.